The van der Waals surface area contributed by atoms with Gasteiger partial charge in [-0.25, -0.2) is 0 Å². The van der Waals surface area contributed by atoms with Crippen molar-refractivity contribution < 1.29 is 14.5 Å². The molecule has 0 aromatic heterocycles. The number of carbonyl (C=O) groups is 1. The Hall–Kier alpha value is -1.62. The van der Waals surface area contributed by atoms with Crippen LogP contribution in [0.5, 0.6) is 5.75 Å². The quantitative estimate of drug-likeness (QED) is 0.328. The molecule has 6 heteroatoms. The Morgan fingerprint density at radius 2 is 2.21 bits per heavy atom. The van der Waals surface area contributed by atoms with Crippen LogP contribution in [-0.2, 0) is 4.79 Å². The van der Waals surface area contributed by atoms with Crippen LogP contribution in [0.1, 0.15) is 6.92 Å². The molecule has 0 unspecified atom stereocenters. The number of nitro benzene ring substituents is 1. The van der Waals surface area contributed by atoms with Crippen LogP contribution in [0, 0.1) is 10.1 Å². The maximum Gasteiger partial charge on any atom is 0.313 e. The molecular weight excluding hydrogens is 210 g/mol. The van der Waals surface area contributed by atoms with Crippen LogP contribution in [0.15, 0.2) is 18.2 Å². The minimum Gasteiger partial charge on any atom is -0.419 e. The first-order valence-corrected chi connectivity index (χ1v) is 4.01. The van der Waals surface area contributed by atoms with Gasteiger partial charge in [0.15, 0.2) is 0 Å². The van der Waals surface area contributed by atoms with Gasteiger partial charge >= 0.3 is 11.7 Å². The van der Waals surface area contributed by atoms with E-state index in [0.29, 0.717) is 0 Å². The molecule has 5 nitrogen and oxygen atoms in total. The molecule has 0 saturated carbocycles. The van der Waals surface area contributed by atoms with Crippen molar-refractivity contribution in [2.45, 2.75) is 6.92 Å². The highest BCUT2D eigenvalue weighted by atomic mass is 35.5. The van der Waals surface area contributed by atoms with Gasteiger partial charge in [-0.05, 0) is 12.1 Å². The van der Waals surface area contributed by atoms with E-state index in [0.717, 1.165) is 6.07 Å². The zero-order valence-electron chi connectivity index (χ0n) is 7.19. The summed E-state index contributed by atoms with van der Waals surface area (Å²) in [4.78, 5) is 20.4. The molecule has 0 fully saturated rings. The normalized spacial score (nSPS) is 9.57. The summed E-state index contributed by atoms with van der Waals surface area (Å²) in [7, 11) is 0. The van der Waals surface area contributed by atoms with Gasteiger partial charge in [0.1, 0.15) is 0 Å². The molecule has 0 amide bonds. The van der Waals surface area contributed by atoms with Crippen LogP contribution in [-0.4, -0.2) is 10.9 Å². The van der Waals surface area contributed by atoms with Crippen LogP contribution >= 0.6 is 11.6 Å². The minimum absolute atomic E-state index is 0.105. The largest absolute Gasteiger partial charge is 0.419 e. The topological polar surface area (TPSA) is 69.4 Å². The highest BCUT2D eigenvalue weighted by molar-refractivity contribution is 6.30. The predicted octanol–water partition coefficient (Wildman–Crippen LogP) is 2.17. The van der Waals surface area contributed by atoms with E-state index in [4.69, 9.17) is 11.6 Å². The SMILES string of the molecule is CC(=O)Oc1ccc(Cl)cc1[N+](=O)[O-]. The highest BCUT2D eigenvalue weighted by Crippen LogP contribution is 2.29. The Kier molecular flexibility index (Phi) is 3.03. The Morgan fingerprint density at radius 3 is 2.71 bits per heavy atom. The van der Waals surface area contributed by atoms with Gasteiger partial charge in [0.25, 0.3) is 0 Å². The third kappa shape index (κ3) is 2.43. The number of nitrogens with zero attached hydrogens (tertiary/aromatic N) is 1. The summed E-state index contributed by atoms with van der Waals surface area (Å²) in [5.41, 5.74) is -0.326. The zero-order chi connectivity index (χ0) is 10.7. The lowest BCUT2D eigenvalue weighted by molar-refractivity contribution is -0.385. The van der Waals surface area contributed by atoms with Crippen LogP contribution in [0.25, 0.3) is 0 Å². The zero-order valence-corrected chi connectivity index (χ0v) is 7.95. The van der Waals surface area contributed by atoms with E-state index in [-0.39, 0.29) is 16.5 Å². The fourth-order valence-corrected chi connectivity index (χ4v) is 1.04. The highest BCUT2D eigenvalue weighted by Gasteiger charge is 2.16. The van der Waals surface area contributed by atoms with Crippen LogP contribution < -0.4 is 4.74 Å². The number of ether oxygens (including phenoxy) is 1. The number of carbonyl (C=O) groups excluding carboxylic acids is 1. The number of benzene rings is 1. The van der Waals surface area contributed by atoms with E-state index in [2.05, 4.69) is 4.74 Å². The summed E-state index contributed by atoms with van der Waals surface area (Å²) in [6, 6.07) is 3.81. The van der Waals surface area contributed by atoms with Crippen LogP contribution in [0.2, 0.25) is 5.02 Å². The lowest BCUT2D eigenvalue weighted by Crippen LogP contribution is -2.03. The molecule has 14 heavy (non-hydrogen) atoms. The van der Waals surface area contributed by atoms with Gasteiger partial charge in [0, 0.05) is 18.0 Å². The van der Waals surface area contributed by atoms with Crippen molar-refractivity contribution >= 4 is 23.3 Å². The fraction of sp³-hybridized carbons (Fsp3) is 0.125. The van der Waals surface area contributed by atoms with E-state index in [1.54, 1.807) is 0 Å². The smallest absolute Gasteiger partial charge is 0.313 e. The molecule has 0 aliphatic rings. The molecule has 0 radical (unpaired) electrons. The van der Waals surface area contributed by atoms with Crippen molar-refractivity contribution in [2.24, 2.45) is 0 Å². The van der Waals surface area contributed by atoms with Gasteiger partial charge in [-0.15, -0.1) is 0 Å². The number of hydrogen-bond acceptors (Lipinski definition) is 4. The summed E-state index contributed by atoms with van der Waals surface area (Å²) < 4.78 is 4.62. The lowest BCUT2D eigenvalue weighted by atomic mass is 10.3. The van der Waals surface area contributed by atoms with E-state index in [1.165, 1.54) is 19.1 Å². The molecule has 74 valence electrons. The number of hydrogen-bond donors (Lipinski definition) is 0. The summed E-state index contributed by atoms with van der Waals surface area (Å²) in [6.45, 7) is 1.17. The maximum absolute atomic E-state index is 10.6. The number of rotatable bonds is 2. The van der Waals surface area contributed by atoms with Gasteiger partial charge in [-0.1, -0.05) is 11.6 Å². The Labute approximate surface area is 84.4 Å². The number of nitro groups is 1. The van der Waals surface area contributed by atoms with Crippen molar-refractivity contribution in [1.29, 1.82) is 0 Å². The second kappa shape index (κ2) is 4.06. The molecule has 0 heterocycles. The Morgan fingerprint density at radius 1 is 1.57 bits per heavy atom. The van der Waals surface area contributed by atoms with Crippen molar-refractivity contribution in [3.05, 3.63) is 33.3 Å². The van der Waals surface area contributed by atoms with Crippen molar-refractivity contribution in [2.75, 3.05) is 0 Å². The Balaban J connectivity index is 3.14. The van der Waals surface area contributed by atoms with Crippen molar-refractivity contribution in [1.82, 2.24) is 0 Å². The molecule has 0 saturated heterocycles. The van der Waals surface area contributed by atoms with Gasteiger partial charge in [0.2, 0.25) is 5.75 Å². The van der Waals surface area contributed by atoms with E-state index < -0.39 is 10.9 Å². The van der Waals surface area contributed by atoms with E-state index >= 15 is 0 Å². The van der Waals surface area contributed by atoms with Crippen molar-refractivity contribution in [3.8, 4) is 5.75 Å². The predicted molar refractivity (Wildman–Crippen MR) is 49.4 cm³/mol. The summed E-state index contributed by atoms with van der Waals surface area (Å²) in [5, 5.41) is 10.7. The lowest BCUT2D eigenvalue weighted by Gasteiger charge is -2.01. The average molecular weight is 216 g/mol. The monoisotopic (exact) mass is 215 g/mol. The third-order valence-corrected chi connectivity index (χ3v) is 1.61. The van der Waals surface area contributed by atoms with Crippen LogP contribution in [0.4, 0.5) is 5.69 Å². The number of halogens is 1. The third-order valence-electron chi connectivity index (χ3n) is 1.37. The van der Waals surface area contributed by atoms with Gasteiger partial charge in [-0.3, -0.25) is 14.9 Å². The molecule has 0 spiro atoms. The molecule has 1 rings (SSSR count). The van der Waals surface area contributed by atoms with Gasteiger partial charge in [-0.2, -0.15) is 0 Å². The molecule has 0 aliphatic carbocycles. The molecule has 1 aromatic rings. The average Bonchev–Trinajstić information content (AvgIpc) is 2.07. The van der Waals surface area contributed by atoms with Crippen LogP contribution in [0.3, 0.4) is 0 Å². The van der Waals surface area contributed by atoms with Gasteiger partial charge in [0.05, 0.1) is 4.92 Å². The summed E-state index contributed by atoms with van der Waals surface area (Å²) in [6.07, 6.45) is 0. The van der Waals surface area contributed by atoms with Gasteiger partial charge < -0.3 is 4.74 Å². The standard InChI is InChI=1S/C8H6ClNO4/c1-5(11)14-8-3-2-6(9)4-7(8)10(12)13/h2-4H,1H3. The first-order valence-electron chi connectivity index (χ1n) is 3.63. The molecule has 1 aromatic carbocycles. The molecular formula is C8H6ClNO4. The second-order valence-corrected chi connectivity index (χ2v) is 2.90. The first-order chi connectivity index (χ1) is 6.50. The second-order valence-electron chi connectivity index (χ2n) is 2.46. The molecule has 0 aliphatic heterocycles. The van der Waals surface area contributed by atoms with Crippen molar-refractivity contribution in [3.63, 3.8) is 0 Å². The van der Waals surface area contributed by atoms with E-state index in [1.807, 2.05) is 0 Å². The molecule has 0 N–H and O–H groups in total. The summed E-state index contributed by atoms with van der Waals surface area (Å²) >= 11 is 5.55. The minimum atomic E-state index is -0.663. The Bertz CT molecular complexity index is 391. The fourth-order valence-electron chi connectivity index (χ4n) is 0.874. The maximum atomic E-state index is 10.6. The molecule has 0 atom stereocenters. The summed E-state index contributed by atoms with van der Waals surface area (Å²) in [5.74, 6) is -0.720. The van der Waals surface area contributed by atoms with E-state index in [9.17, 15) is 14.9 Å². The number of esters is 1. The molecule has 0 bridgehead atoms. The first kappa shape index (κ1) is 10.5.